The molecule has 4 aromatic rings. The molecular weight excluding hydrogens is 444 g/mol. The molecule has 1 amide bonds. The predicted octanol–water partition coefficient (Wildman–Crippen LogP) is 4.08. The fourth-order valence-corrected chi connectivity index (χ4v) is 4.29. The Morgan fingerprint density at radius 2 is 2.00 bits per heavy atom. The summed E-state index contributed by atoms with van der Waals surface area (Å²) in [6.07, 6.45) is 3.56. The van der Waals surface area contributed by atoms with Gasteiger partial charge in [-0.2, -0.15) is 14.9 Å². The van der Waals surface area contributed by atoms with Gasteiger partial charge in [-0.25, -0.2) is 4.98 Å². The molecule has 3 heterocycles. The molecule has 1 aliphatic rings. The molecular formula is C26H24N6O3. The molecule has 0 aliphatic carbocycles. The van der Waals surface area contributed by atoms with Crippen LogP contribution in [0.2, 0.25) is 0 Å². The van der Waals surface area contributed by atoms with Crippen LogP contribution in [0.1, 0.15) is 29.2 Å². The average molecular weight is 469 g/mol. The van der Waals surface area contributed by atoms with Crippen molar-refractivity contribution in [1.29, 1.82) is 0 Å². The lowest BCUT2D eigenvalue weighted by atomic mass is 9.85. The van der Waals surface area contributed by atoms with Crippen LogP contribution in [0.4, 0.5) is 5.82 Å². The summed E-state index contributed by atoms with van der Waals surface area (Å²) in [6.45, 7) is 6.01. The Labute approximate surface area is 202 Å². The minimum absolute atomic E-state index is 0.124. The molecule has 0 radical (unpaired) electrons. The number of carbonyl (C=O) groups excluding carboxylic acids is 1. The molecule has 1 atom stereocenters. The van der Waals surface area contributed by atoms with Gasteiger partial charge in [-0.05, 0) is 37.3 Å². The zero-order chi connectivity index (χ0) is 24.4. The maximum Gasteiger partial charge on any atom is 0.272 e. The number of fused-ring (bicyclic) bond motifs is 1. The second-order valence-corrected chi connectivity index (χ2v) is 8.07. The summed E-state index contributed by atoms with van der Waals surface area (Å²) in [5.41, 5.74) is 4.06. The van der Waals surface area contributed by atoms with E-state index in [1.807, 2.05) is 55.5 Å². The third-order valence-electron chi connectivity index (χ3n) is 5.88. The average Bonchev–Trinajstić information content (AvgIpc) is 3.23. The number of benzene rings is 2. The van der Waals surface area contributed by atoms with Crippen LogP contribution in [0, 0.1) is 6.92 Å². The molecule has 176 valence electrons. The van der Waals surface area contributed by atoms with Crippen molar-refractivity contribution in [1.82, 2.24) is 25.0 Å². The number of hydrogen-bond donors (Lipinski definition) is 1. The molecule has 35 heavy (non-hydrogen) atoms. The molecule has 0 fully saturated rings. The smallest absolute Gasteiger partial charge is 0.272 e. The number of para-hydroxylation sites is 1. The van der Waals surface area contributed by atoms with Gasteiger partial charge in [-0.1, -0.05) is 30.9 Å². The summed E-state index contributed by atoms with van der Waals surface area (Å²) in [5.74, 6) is 1.91. The first-order valence-corrected chi connectivity index (χ1v) is 11.2. The van der Waals surface area contributed by atoms with E-state index >= 15 is 0 Å². The van der Waals surface area contributed by atoms with Crippen molar-refractivity contribution in [2.45, 2.75) is 19.3 Å². The fraction of sp³-hybridized carbons (Fsp3) is 0.192. The van der Waals surface area contributed by atoms with Crippen molar-refractivity contribution in [3.05, 3.63) is 84.2 Å². The summed E-state index contributed by atoms with van der Waals surface area (Å²) >= 11 is 0. The van der Waals surface area contributed by atoms with Crippen LogP contribution >= 0.6 is 0 Å². The van der Waals surface area contributed by atoms with Crippen LogP contribution < -0.4 is 14.8 Å². The Morgan fingerprint density at radius 3 is 2.77 bits per heavy atom. The number of aromatic nitrogens is 5. The number of carbonyl (C=O) groups is 1. The predicted molar refractivity (Wildman–Crippen MR) is 131 cm³/mol. The van der Waals surface area contributed by atoms with Crippen LogP contribution in [0.3, 0.4) is 0 Å². The van der Waals surface area contributed by atoms with Gasteiger partial charge in [0.25, 0.3) is 5.95 Å². The number of ether oxygens (including phenoxy) is 2. The first-order valence-electron chi connectivity index (χ1n) is 11.2. The number of rotatable bonds is 7. The fourth-order valence-electron chi connectivity index (χ4n) is 4.29. The molecule has 0 unspecified atom stereocenters. The number of nitrogens with zero attached hydrogens (tertiary/aromatic N) is 5. The van der Waals surface area contributed by atoms with Gasteiger partial charge in [-0.15, -0.1) is 5.10 Å². The number of methoxy groups -OCH3 is 1. The summed E-state index contributed by atoms with van der Waals surface area (Å²) in [4.78, 5) is 17.5. The lowest BCUT2D eigenvalue weighted by Crippen LogP contribution is -2.25. The standard InChI is InChI=1S/C26H24N6O3/c1-4-13-35-22-8-6-5-7-19(22)20-14-23(33)29-25-24(20)16(2)31-32(25)26-28-21(15-27-30-26)17-9-11-18(34-3)12-10-17/h4-12,15,20H,1,13-14H2,2-3H3,(H,29,33)/t20-/m1/s1. The van der Waals surface area contributed by atoms with Gasteiger partial charge in [-0.3, -0.25) is 4.79 Å². The van der Waals surface area contributed by atoms with Gasteiger partial charge in [0.2, 0.25) is 5.91 Å². The number of hydrogen-bond acceptors (Lipinski definition) is 7. The third-order valence-corrected chi connectivity index (χ3v) is 5.88. The number of amides is 1. The normalized spacial score (nSPS) is 14.7. The monoisotopic (exact) mass is 468 g/mol. The van der Waals surface area contributed by atoms with E-state index in [-0.39, 0.29) is 24.2 Å². The molecule has 5 rings (SSSR count). The second kappa shape index (κ2) is 9.38. The highest BCUT2D eigenvalue weighted by Gasteiger charge is 2.34. The highest BCUT2D eigenvalue weighted by Crippen LogP contribution is 2.42. The lowest BCUT2D eigenvalue weighted by Gasteiger charge is -2.25. The quantitative estimate of drug-likeness (QED) is 0.408. The zero-order valence-corrected chi connectivity index (χ0v) is 19.4. The van der Waals surface area contributed by atoms with Crippen molar-refractivity contribution < 1.29 is 14.3 Å². The Hall–Kier alpha value is -4.53. The minimum Gasteiger partial charge on any atom is -0.497 e. The van der Waals surface area contributed by atoms with Crippen LogP contribution in [0.5, 0.6) is 11.5 Å². The molecule has 0 bridgehead atoms. The highest BCUT2D eigenvalue weighted by atomic mass is 16.5. The van der Waals surface area contributed by atoms with E-state index < -0.39 is 0 Å². The number of nitrogens with one attached hydrogen (secondary N) is 1. The van der Waals surface area contributed by atoms with Crippen LogP contribution in [0.15, 0.2) is 67.4 Å². The number of anilines is 1. The van der Waals surface area contributed by atoms with E-state index in [1.165, 1.54) is 0 Å². The summed E-state index contributed by atoms with van der Waals surface area (Å²) < 4.78 is 12.7. The molecule has 9 nitrogen and oxygen atoms in total. The lowest BCUT2D eigenvalue weighted by molar-refractivity contribution is -0.116. The maximum absolute atomic E-state index is 12.8. The van der Waals surface area contributed by atoms with Gasteiger partial charge in [0.1, 0.15) is 23.9 Å². The maximum atomic E-state index is 12.8. The van der Waals surface area contributed by atoms with Crippen molar-refractivity contribution in [2.75, 3.05) is 19.0 Å². The largest absolute Gasteiger partial charge is 0.497 e. The minimum atomic E-state index is -0.230. The van der Waals surface area contributed by atoms with Gasteiger partial charge in [0.05, 0.1) is 24.7 Å². The van der Waals surface area contributed by atoms with E-state index in [9.17, 15) is 4.79 Å². The van der Waals surface area contributed by atoms with Crippen molar-refractivity contribution >= 4 is 11.7 Å². The zero-order valence-electron chi connectivity index (χ0n) is 19.4. The van der Waals surface area contributed by atoms with Crippen molar-refractivity contribution in [2.24, 2.45) is 0 Å². The van der Waals surface area contributed by atoms with Gasteiger partial charge in [0, 0.05) is 29.0 Å². The molecule has 2 aromatic heterocycles. The first-order chi connectivity index (χ1) is 17.1. The van der Waals surface area contributed by atoms with E-state index in [2.05, 4.69) is 32.2 Å². The van der Waals surface area contributed by atoms with E-state index in [0.717, 1.165) is 28.1 Å². The Balaban J connectivity index is 1.58. The third kappa shape index (κ3) is 4.23. The van der Waals surface area contributed by atoms with Gasteiger partial charge >= 0.3 is 0 Å². The first kappa shape index (κ1) is 22.3. The van der Waals surface area contributed by atoms with Crippen LogP contribution in [0.25, 0.3) is 17.2 Å². The van der Waals surface area contributed by atoms with Gasteiger partial charge in [0.15, 0.2) is 0 Å². The molecule has 0 saturated heterocycles. The highest BCUT2D eigenvalue weighted by molar-refractivity contribution is 5.95. The van der Waals surface area contributed by atoms with Crippen LogP contribution in [-0.2, 0) is 4.79 Å². The topological polar surface area (TPSA) is 104 Å². The Kier molecular flexibility index (Phi) is 5.97. The molecule has 1 aliphatic heterocycles. The van der Waals surface area contributed by atoms with Gasteiger partial charge < -0.3 is 14.8 Å². The van der Waals surface area contributed by atoms with Crippen molar-refractivity contribution in [3.63, 3.8) is 0 Å². The molecule has 2 aromatic carbocycles. The number of aryl methyl sites for hydroxylation is 1. The van der Waals surface area contributed by atoms with E-state index in [4.69, 9.17) is 9.47 Å². The Bertz CT molecular complexity index is 1400. The molecule has 1 N–H and O–H groups in total. The second-order valence-electron chi connectivity index (χ2n) is 8.07. The van der Waals surface area contributed by atoms with Crippen LogP contribution in [-0.4, -0.2) is 44.6 Å². The molecule has 0 saturated carbocycles. The Morgan fingerprint density at radius 1 is 1.20 bits per heavy atom. The molecule has 0 spiro atoms. The van der Waals surface area contributed by atoms with E-state index in [1.54, 1.807) is 24.1 Å². The SMILES string of the molecule is C=CCOc1ccccc1[C@H]1CC(=O)Nc2c1c(C)nn2-c1nncc(-c2ccc(OC)cc2)n1. The summed E-state index contributed by atoms with van der Waals surface area (Å²) in [5, 5.41) is 16.0. The van der Waals surface area contributed by atoms with Crippen molar-refractivity contribution in [3.8, 4) is 28.7 Å². The van der Waals surface area contributed by atoms with E-state index in [0.29, 0.717) is 23.9 Å². The summed E-state index contributed by atoms with van der Waals surface area (Å²) in [6, 6.07) is 15.2. The molecule has 9 heteroatoms. The summed E-state index contributed by atoms with van der Waals surface area (Å²) in [7, 11) is 1.62.